The van der Waals surface area contributed by atoms with Crippen molar-refractivity contribution in [2.24, 2.45) is 0 Å². The summed E-state index contributed by atoms with van der Waals surface area (Å²) in [5, 5.41) is 2.76. The number of para-hydroxylation sites is 1. The van der Waals surface area contributed by atoms with Crippen LogP contribution in [0.1, 0.15) is 5.56 Å². The van der Waals surface area contributed by atoms with Crippen LogP contribution in [0.15, 0.2) is 77.7 Å². The van der Waals surface area contributed by atoms with E-state index >= 15 is 0 Å². The lowest BCUT2D eigenvalue weighted by molar-refractivity contribution is -0.118. The van der Waals surface area contributed by atoms with Crippen LogP contribution in [-0.4, -0.2) is 37.0 Å². The zero-order valence-corrected chi connectivity index (χ0v) is 20.7. The van der Waals surface area contributed by atoms with Crippen LogP contribution in [0, 0.1) is 0 Å². The van der Waals surface area contributed by atoms with Crippen LogP contribution in [-0.2, 0) is 9.59 Å². The number of thioether (sulfide) groups is 1. The first-order chi connectivity index (χ1) is 17.0. The number of nitrogens with zero attached hydrogens (tertiary/aromatic N) is 1. The Bertz CT molecular complexity index is 1290. The number of benzene rings is 3. The molecule has 0 atom stereocenters. The molecule has 4 rings (SSSR count). The fourth-order valence-electron chi connectivity index (χ4n) is 3.35. The van der Waals surface area contributed by atoms with Crippen LogP contribution in [0.25, 0.3) is 6.08 Å². The van der Waals surface area contributed by atoms with Crippen molar-refractivity contribution in [1.29, 1.82) is 0 Å². The number of amides is 2. The summed E-state index contributed by atoms with van der Waals surface area (Å²) in [5.41, 5.74) is 2.07. The van der Waals surface area contributed by atoms with Crippen molar-refractivity contribution in [1.82, 2.24) is 0 Å². The van der Waals surface area contributed by atoms with Gasteiger partial charge >= 0.3 is 0 Å². The van der Waals surface area contributed by atoms with Crippen molar-refractivity contribution in [3.8, 4) is 17.2 Å². The molecule has 3 aromatic rings. The third-order valence-electron chi connectivity index (χ3n) is 5.01. The van der Waals surface area contributed by atoms with Gasteiger partial charge in [0.2, 0.25) is 0 Å². The fraction of sp³-hybridized carbons (Fsp3) is 0.115. The van der Waals surface area contributed by atoms with Gasteiger partial charge in [-0.2, -0.15) is 0 Å². The summed E-state index contributed by atoms with van der Waals surface area (Å²) in [6.45, 7) is -0.206. The highest BCUT2D eigenvalue weighted by molar-refractivity contribution is 8.27. The highest BCUT2D eigenvalue weighted by Crippen LogP contribution is 2.37. The maximum absolute atomic E-state index is 13.0. The summed E-state index contributed by atoms with van der Waals surface area (Å²) in [4.78, 5) is 27.3. The molecule has 1 N–H and O–H groups in total. The van der Waals surface area contributed by atoms with Gasteiger partial charge in [-0.15, -0.1) is 0 Å². The lowest BCUT2D eigenvalue weighted by Crippen LogP contribution is -2.27. The molecule has 1 saturated heterocycles. The first-order valence-electron chi connectivity index (χ1n) is 10.6. The highest BCUT2D eigenvalue weighted by Gasteiger charge is 2.33. The van der Waals surface area contributed by atoms with E-state index in [9.17, 15) is 9.59 Å². The summed E-state index contributed by atoms with van der Waals surface area (Å²) in [5.74, 6) is 0.976. The Labute approximate surface area is 212 Å². The van der Waals surface area contributed by atoms with Gasteiger partial charge in [0.05, 0.1) is 24.8 Å². The van der Waals surface area contributed by atoms with Gasteiger partial charge in [0, 0.05) is 11.8 Å². The first kappa shape index (κ1) is 24.3. The van der Waals surface area contributed by atoms with Crippen LogP contribution in [0.2, 0.25) is 0 Å². The van der Waals surface area contributed by atoms with Crippen LogP contribution < -0.4 is 24.4 Å². The summed E-state index contributed by atoms with van der Waals surface area (Å²) in [6.07, 6.45) is 1.75. The van der Waals surface area contributed by atoms with Crippen molar-refractivity contribution in [2.45, 2.75) is 0 Å². The quantitative estimate of drug-likeness (QED) is 0.335. The molecule has 1 heterocycles. The summed E-state index contributed by atoms with van der Waals surface area (Å²) in [6, 6.07) is 21.6. The lowest BCUT2D eigenvalue weighted by Gasteiger charge is -2.14. The molecular weight excluding hydrogens is 484 g/mol. The Morgan fingerprint density at radius 2 is 1.80 bits per heavy atom. The number of carbonyl (C=O) groups excluding carboxylic acids is 2. The molecule has 9 heteroatoms. The van der Waals surface area contributed by atoms with Gasteiger partial charge in [-0.1, -0.05) is 54.3 Å². The number of rotatable bonds is 8. The highest BCUT2D eigenvalue weighted by atomic mass is 32.2. The SMILES string of the molecule is COc1cccc(NC(=O)COc2ccc(/C=C3\SC(=S)N(c4ccccc4)C3=O)cc2OC)c1. The summed E-state index contributed by atoms with van der Waals surface area (Å²) < 4.78 is 16.7. The zero-order chi connectivity index (χ0) is 24.8. The van der Waals surface area contributed by atoms with E-state index in [-0.39, 0.29) is 18.4 Å². The molecule has 0 aromatic heterocycles. The minimum Gasteiger partial charge on any atom is -0.497 e. The predicted octanol–water partition coefficient (Wildman–Crippen LogP) is 5.13. The monoisotopic (exact) mass is 506 g/mol. The number of hydrogen-bond donors (Lipinski definition) is 1. The van der Waals surface area contributed by atoms with Gasteiger partial charge in [0.25, 0.3) is 11.8 Å². The molecule has 0 spiro atoms. The van der Waals surface area contributed by atoms with Gasteiger partial charge in [0.15, 0.2) is 22.4 Å². The van der Waals surface area contributed by atoms with E-state index in [0.717, 1.165) is 11.3 Å². The van der Waals surface area contributed by atoms with Crippen LogP contribution in [0.3, 0.4) is 0 Å². The van der Waals surface area contributed by atoms with Crippen LogP contribution in [0.4, 0.5) is 11.4 Å². The molecule has 0 unspecified atom stereocenters. The van der Waals surface area contributed by atoms with Gasteiger partial charge < -0.3 is 19.5 Å². The Hall–Kier alpha value is -3.82. The zero-order valence-electron chi connectivity index (χ0n) is 19.0. The summed E-state index contributed by atoms with van der Waals surface area (Å²) >= 11 is 6.66. The Kier molecular flexibility index (Phi) is 7.69. The second-order valence-electron chi connectivity index (χ2n) is 7.33. The third-order valence-corrected chi connectivity index (χ3v) is 6.31. The largest absolute Gasteiger partial charge is 0.497 e. The van der Waals surface area contributed by atoms with Crippen molar-refractivity contribution in [3.05, 3.63) is 83.3 Å². The van der Waals surface area contributed by atoms with E-state index in [4.69, 9.17) is 26.4 Å². The van der Waals surface area contributed by atoms with E-state index in [1.807, 2.05) is 30.3 Å². The second kappa shape index (κ2) is 11.1. The smallest absolute Gasteiger partial charge is 0.270 e. The molecule has 7 nitrogen and oxygen atoms in total. The number of anilines is 2. The van der Waals surface area contributed by atoms with Gasteiger partial charge in [-0.05, 0) is 48.0 Å². The summed E-state index contributed by atoms with van der Waals surface area (Å²) in [7, 11) is 3.07. The van der Waals surface area contributed by atoms with E-state index in [1.54, 1.807) is 55.7 Å². The molecule has 0 bridgehead atoms. The molecule has 2 amide bonds. The standard InChI is InChI=1S/C26H22N2O5S2/c1-31-20-10-6-7-18(15-20)27-24(29)16-33-21-12-11-17(13-22(21)32-2)14-23-25(30)28(26(34)35-23)19-8-4-3-5-9-19/h3-15H,16H2,1-2H3,(H,27,29)/b23-14-. The first-order valence-corrected chi connectivity index (χ1v) is 11.8. The number of thiocarbonyl (C=S) groups is 1. The molecule has 0 saturated carbocycles. The molecule has 1 aliphatic rings. The minimum absolute atomic E-state index is 0.181. The van der Waals surface area contributed by atoms with Crippen LogP contribution in [0.5, 0.6) is 17.2 Å². The average Bonchev–Trinajstić information content (AvgIpc) is 3.15. The molecule has 35 heavy (non-hydrogen) atoms. The molecule has 1 fully saturated rings. The maximum atomic E-state index is 13.0. The fourth-order valence-corrected chi connectivity index (χ4v) is 4.65. The van der Waals surface area contributed by atoms with Gasteiger partial charge in [-0.3, -0.25) is 14.5 Å². The molecule has 0 radical (unpaired) electrons. The van der Waals surface area contributed by atoms with Crippen LogP contribution >= 0.6 is 24.0 Å². The number of ether oxygens (including phenoxy) is 3. The van der Waals surface area contributed by atoms with E-state index < -0.39 is 0 Å². The van der Waals surface area contributed by atoms with Crippen molar-refractivity contribution in [2.75, 3.05) is 31.0 Å². The topological polar surface area (TPSA) is 77.1 Å². The maximum Gasteiger partial charge on any atom is 0.270 e. The number of carbonyl (C=O) groups is 2. The Balaban J connectivity index is 1.43. The lowest BCUT2D eigenvalue weighted by atomic mass is 10.2. The van der Waals surface area contributed by atoms with E-state index in [2.05, 4.69) is 5.32 Å². The van der Waals surface area contributed by atoms with Crippen molar-refractivity contribution >= 4 is 57.6 Å². The third kappa shape index (κ3) is 5.82. The van der Waals surface area contributed by atoms with Gasteiger partial charge in [-0.25, -0.2) is 0 Å². The minimum atomic E-state index is -0.325. The normalized spacial score (nSPS) is 14.2. The van der Waals surface area contributed by atoms with E-state index in [0.29, 0.717) is 32.2 Å². The molecule has 178 valence electrons. The molecular formula is C26H22N2O5S2. The molecule has 0 aliphatic carbocycles. The van der Waals surface area contributed by atoms with E-state index in [1.165, 1.54) is 23.8 Å². The molecule has 1 aliphatic heterocycles. The Morgan fingerprint density at radius 1 is 1.00 bits per heavy atom. The second-order valence-corrected chi connectivity index (χ2v) is 9.01. The number of hydrogen-bond acceptors (Lipinski definition) is 7. The molecule has 3 aromatic carbocycles. The number of methoxy groups -OCH3 is 2. The van der Waals surface area contributed by atoms with Crippen molar-refractivity contribution in [3.63, 3.8) is 0 Å². The predicted molar refractivity (Wildman–Crippen MR) is 142 cm³/mol. The van der Waals surface area contributed by atoms with Gasteiger partial charge in [0.1, 0.15) is 5.75 Å². The van der Waals surface area contributed by atoms with Crippen molar-refractivity contribution < 1.29 is 23.8 Å². The average molecular weight is 507 g/mol. The Morgan fingerprint density at radius 3 is 2.54 bits per heavy atom. The number of nitrogens with one attached hydrogen (secondary N) is 1.